The van der Waals surface area contributed by atoms with E-state index < -0.39 is 24.3 Å². The lowest BCUT2D eigenvalue weighted by atomic mass is 9.86. The van der Waals surface area contributed by atoms with Crippen LogP contribution in [-0.2, 0) is 14.4 Å². The highest BCUT2D eigenvalue weighted by Gasteiger charge is 2.49. The summed E-state index contributed by atoms with van der Waals surface area (Å²) in [4.78, 5) is 54.7. The van der Waals surface area contributed by atoms with Crippen molar-refractivity contribution in [1.29, 1.82) is 0 Å². The molecule has 2 amide bonds. The van der Waals surface area contributed by atoms with Crippen molar-refractivity contribution in [2.45, 2.75) is 25.2 Å². The largest absolute Gasteiger partial charge is 0.490 e. The van der Waals surface area contributed by atoms with Gasteiger partial charge in [-0.05, 0) is 30.7 Å². The third-order valence-corrected chi connectivity index (χ3v) is 5.37. The number of carbonyl (C=O) groups excluding carboxylic acids is 2. The Balaban J connectivity index is 0.000000301. The van der Waals surface area contributed by atoms with Gasteiger partial charge in [-0.25, -0.2) is 14.6 Å². The molecule has 0 bridgehead atoms. The number of anilines is 1. The van der Waals surface area contributed by atoms with Crippen molar-refractivity contribution < 1.29 is 55.7 Å². The number of pyridine rings is 2. The molecule has 1 unspecified atom stereocenters. The summed E-state index contributed by atoms with van der Waals surface area (Å²) in [6.07, 6.45) is -3.91. The Morgan fingerprint density at radius 1 is 0.895 bits per heavy atom. The van der Waals surface area contributed by atoms with E-state index in [0.29, 0.717) is 37.4 Å². The Morgan fingerprint density at radius 3 is 1.97 bits per heavy atom. The van der Waals surface area contributed by atoms with Crippen molar-refractivity contribution in [2.75, 3.05) is 24.5 Å². The molecular formula is C22H20F6N4O6. The molecule has 0 saturated carbocycles. The minimum absolute atomic E-state index is 0.0105. The maximum atomic E-state index is 12.6. The first-order valence-electron chi connectivity index (χ1n) is 10.6. The summed E-state index contributed by atoms with van der Waals surface area (Å²) < 4.78 is 63.5. The quantitative estimate of drug-likeness (QED) is 0.544. The van der Waals surface area contributed by atoms with Crippen molar-refractivity contribution in [3.8, 4) is 0 Å². The average molecular weight is 550 g/mol. The molecule has 2 N–H and O–H groups in total. The van der Waals surface area contributed by atoms with Crippen molar-refractivity contribution in [2.24, 2.45) is 5.41 Å². The molecule has 2 fully saturated rings. The number of carboxylic acid groups (broad SMARTS) is 2. The number of carbonyl (C=O) groups is 4. The Kier molecular flexibility index (Phi) is 9.37. The topological polar surface area (TPSA) is 141 Å². The number of halogens is 6. The van der Waals surface area contributed by atoms with E-state index in [2.05, 4.69) is 9.97 Å². The van der Waals surface area contributed by atoms with Gasteiger partial charge in [0.2, 0.25) is 5.91 Å². The average Bonchev–Trinajstić information content (AvgIpc) is 3.41. The van der Waals surface area contributed by atoms with Crippen molar-refractivity contribution in [3.05, 3.63) is 54.5 Å². The Labute approximate surface area is 210 Å². The van der Waals surface area contributed by atoms with Crippen LogP contribution in [0.1, 0.15) is 23.2 Å². The summed E-state index contributed by atoms with van der Waals surface area (Å²) in [6, 6.07) is 9.11. The van der Waals surface area contributed by atoms with Crippen LogP contribution in [0.15, 0.2) is 48.9 Å². The first-order chi connectivity index (χ1) is 17.6. The molecule has 2 aromatic heterocycles. The fourth-order valence-corrected chi connectivity index (χ4v) is 3.67. The Hall–Kier alpha value is -4.24. The molecule has 206 valence electrons. The zero-order chi connectivity index (χ0) is 28.7. The molecule has 0 aliphatic carbocycles. The lowest BCUT2D eigenvalue weighted by molar-refractivity contribution is -0.193. The SMILES string of the molecule is O=C(O)C(F)(F)F.O=C(O)C(F)(F)F.O=C(c1cccnc1)N1CCC2(CC(=O)N(c3ccccn3)C2)C1. The summed E-state index contributed by atoms with van der Waals surface area (Å²) in [5.74, 6) is -4.75. The number of aliphatic carboxylic acids is 2. The van der Waals surface area contributed by atoms with Gasteiger partial charge in [0.1, 0.15) is 5.82 Å². The predicted molar refractivity (Wildman–Crippen MR) is 116 cm³/mol. The van der Waals surface area contributed by atoms with E-state index in [1.807, 2.05) is 23.1 Å². The molecule has 2 saturated heterocycles. The van der Waals surface area contributed by atoms with Crippen LogP contribution in [0.4, 0.5) is 32.2 Å². The van der Waals surface area contributed by atoms with Gasteiger partial charge in [-0.3, -0.25) is 19.5 Å². The molecule has 16 heteroatoms. The minimum Gasteiger partial charge on any atom is -0.475 e. The third kappa shape index (κ3) is 8.14. The molecule has 0 radical (unpaired) electrons. The number of rotatable bonds is 2. The number of likely N-dealkylation sites (tertiary alicyclic amines) is 1. The van der Waals surface area contributed by atoms with E-state index >= 15 is 0 Å². The number of hydrogen-bond acceptors (Lipinski definition) is 6. The monoisotopic (exact) mass is 550 g/mol. The number of alkyl halides is 6. The number of carboxylic acids is 2. The van der Waals surface area contributed by atoms with Gasteiger partial charge in [0.15, 0.2) is 0 Å². The summed E-state index contributed by atoms with van der Waals surface area (Å²) in [7, 11) is 0. The van der Waals surface area contributed by atoms with Crippen LogP contribution in [0.3, 0.4) is 0 Å². The normalized spacial score (nSPS) is 18.8. The van der Waals surface area contributed by atoms with E-state index in [4.69, 9.17) is 19.8 Å². The van der Waals surface area contributed by atoms with Crippen molar-refractivity contribution >= 4 is 29.6 Å². The van der Waals surface area contributed by atoms with Crippen LogP contribution in [-0.4, -0.2) is 80.8 Å². The van der Waals surface area contributed by atoms with E-state index in [1.54, 1.807) is 35.6 Å². The maximum Gasteiger partial charge on any atom is 0.490 e. The van der Waals surface area contributed by atoms with E-state index in [1.165, 1.54) is 0 Å². The van der Waals surface area contributed by atoms with E-state index in [-0.39, 0.29) is 17.2 Å². The van der Waals surface area contributed by atoms with Gasteiger partial charge in [-0.2, -0.15) is 26.3 Å². The Morgan fingerprint density at radius 2 is 1.50 bits per heavy atom. The van der Waals surface area contributed by atoms with Crippen molar-refractivity contribution in [1.82, 2.24) is 14.9 Å². The van der Waals surface area contributed by atoms with Crippen LogP contribution < -0.4 is 4.90 Å². The van der Waals surface area contributed by atoms with E-state index in [0.717, 1.165) is 6.42 Å². The van der Waals surface area contributed by atoms with E-state index in [9.17, 15) is 35.9 Å². The first kappa shape index (κ1) is 30.0. The second-order valence-corrected chi connectivity index (χ2v) is 8.17. The molecule has 4 rings (SSSR count). The predicted octanol–water partition coefficient (Wildman–Crippen LogP) is 3.01. The molecule has 2 aromatic rings. The summed E-state index contributed by atoms with van der Waals surface area (Å²) in [5, 5.41) is 14.2. The zero-order valence-electron chi connectivity index (χ0n) is 19.2. The molecular weight excluding hydrogens is 530 g/mol. The van der Waals surface area contributed by atoms with Gasteiger partial charge in [0, 0.05) is 50.1 Å². The maximum absolute atomic E-state index is 12.6. The zero-order valence-corrected chi connectivity index (χ0v) is 19.2. The first-order valence-corrected chi connectivity index (χ1v) is 10.6. The lowest BCUT2D eigenvalue weighted by Crippen LogP contribution is -2.34. The molecule has 2 aliphatic rings. The van der Waals surface area contributed by atoms with Gasteiger partial charge in [0.05, 0.1) is 5.56 Å². The van der Waals surface area contributed by atoms with Crippen LogP contribution in [0.5, 0.6) is 0 Å². The fourth-order valence-electron chi connectivity index (χ4n) is 3.67. The van der Waals surface area contributed by atoms with Gasteiger partial charge in [-0.15, -0.1) is 0 Å². The summed E-state index contributed by atoms with van der Waals surface area (Å²) in [6.45, 7) is 1.91. The molecule has 1 spiro atoms. The molecule has 2 aliphatic heterocycles. The lowest BCUT2D eigenvalue weighted by Gasteiger charge is -2.23. The molecule has 4 heterocycles. The highest BCUT2D eigenvalue weighted by atomic mass is 19.4. The smallest absolute Gasteiger partial charge is 0.475 e. The van der Waals surface area contributed by atoms with Crippen LogP contribution in [0, 0.1) is 5.41 Å². The minimum atomic E-state index is -5.08. The third-order valence-electron chi connectivity index (χ3n) is 5.37. The summed E-state index contributed by atoms with van der Waals surface area (Å²) in [5.41, 5.74) is 0.437. The molecule has 38 heavy (non-hydrogen) atoms. The highest BCUT2D eigenvalue weighted by molar-refractivity contribution is 5.97. The standard InChI is InChI=1S/C18H18N4O2.2C2HF3O2/c23-16-10-18(13-22(16)15-5-1-2-8-20-15)6-9-21(12-18)17(24)14-4-3-7-19-11-14;2*3-2(4,5)1(6)7/h1-5,7-8,11H,6,9-10,12-13H2;2*(H,6,7). The van der Waals surface area contributed by atoms with Gasteiger partial charge < -0.3 is 15.1 Å². The summed E-state index contributed by atoms with van der Waals surface area (Å²) >= 11 is 0. The Bertz CT molecular complexity index is 1120. The fraction of sp³-hybridized carbons (Fsp3) is 0.364. The second kappa shape index (κ2) is 11.9. The molecule has 1 atom stereocenters. The molecule has 0 aromatic carbocycles. The van der Waals surface area contributed by atoms with Gasteiger partial charge in [-0.1, -0.05) is 6.07 Å². The van der Waals surface area contributed by atoms with Crippen molar-refractivity contribution in [3.63, 3.8) is 0 Å². The second-order valence-electron chi connectivity index (χ2n) is 8.17. The van der Waals surface area contributed by atoms with Crippen LogP contribution in [0.2, 0.25) is 0 Å². The van der Waals surface area contributed by atoms with Crippen LogP contribution >= 0.6 is 0 Å². The number of hydrogen-bond donors (Lipinski definition) is 2. The number of aromatic nitrogens is 2. The molecule has 10 nitrogen and oxygen atoms in total. The van der Waals surface area contributed by atoms with Gasteiger partial charge in [0.25, 0.3) is 5.91 Å². The number of amides is 2. The highest BCUT2D eigenvalue weighted by Crippen LogP contribution is 2.41. The number of nitrogens with zero attached hydrogens (tertiary/aromatic N) is 4. The van der Waals surface area contributed by atoms with Gasteiger partial charge >= 0.3 is 24.3 Å². The van der Waals surface area contributed by atoms with Crippen LogP contribution in [0.25, 0.3) is 0 Å².